The molecule has 2 saturated carbocycles. The van der Waals surface area contributed by atoms with Gasteiger partial charge in [-0.2, -0.15) is 0 Å². The lowest BCUT2D eigenvalue weighted by atomic mass is 9.53. The van der Waals surface area contributed by atoms with Crippen molar-refractivity contribution in [3.63, 3.8) is 0 Å². The van der Waals surface area contributed by atoms with Gasteiger partial charge in [-0.15, -0.1) is 0 Å². The van der Waals surface area contributed by atoms with Crippen LogP contribution < -0.4 is 0 Å². The van der Waals surface area contributed by atoms with E-state index >= 15 is 0 Å². The SMILES string of the molecule is CC12CCC3C4CCC=CC4=CC(=O)C3C1CCC2=O. The van der Waals surface area contributed by atoms with E-state index in [0.29, 0.717) is 35.7 Å². The number of carbonyl (C=O) groups excluding carboxylic acids is 2. The third kappa shape index (κ3) is 1.51. The molecule has 2 heteroatoms. The van der Waals surface area contributed by atoms with Crippen LogP contribution in [0.2, 0.25) is 0 Å². The number of Topliss-reactive ketones (excluding diaryl/α,β-unsaturated/α-hetero) is 1. The van der Waals surface area contributed by atoms with Gasteiger partial charge in [0.2, 0.25) is 0 Å². The maximum Gasteiger partial charge on any atom is 0.159 e. The lowest BCUT2D eigenvalue weighted by Gasteiger charge is -2.49. The van der Waals surface area contributed by atoms with Crippen molar-refractivity contribution in [2.45, 2.75) is 45.4 Å². The normalized spacial score (nSPS) is 46.5. The number of allylic oxidation sites excluding steroid dienone is 4. The van der Waals surface area contributed by atoms with Gasteiger partial charge in [-0.25, -0.2) is 0 Å². The van der Waals surface area contributed by atoms with E-state index in [9.17, 15) is 9.59 Å². The fraction of sp³-hybridized carbons (Fsp3) is 0.667. The molecule has 0 heterocycles. The predicted molar refractivity (Wildman–Crippen MR) is 77.0 cm³/mol. The highest BCUT2D eigenvalue weighted by Crippen LogP contribution is 2.58. The molecule has 2 nitrogen and oxygen atoms in total. The van der Waals surface area contributed by atoms with Gasteiger partial charge in [0.15, 0.2) is 5.78 Å². The van der Waals surface area contributed by atoms with Crippen LogP contribution in [-0.4, -0.2) is 11.6 Å². The van der Waals surface area contributed by atoms with E-state index in [1.807, 2.05) is 6.08 Å². The van der Waals surface area contributed by atoms with E-state index in [-0.39, 0.29) is 11.3 Å². The lowest BCUT2D eigenvalue weighted by molar-refractivity contribution is -0.136. The van der Waals surface area contributed by atoms with Gasteiger partial charge in [-0.1, -0.05) is 19.1 Å². The molecule has 0 spiro atoms. The largest absolute Gasteiger partial charge is 0.299 e. The van der Waals surface area contributed by atoms with Gasteiger partial charge >= 0.3 is 0 Å². The summed E-state index contributed by atoms with van der Waals surface area (Å²) >= 11 is 0. The van der Waals surface area contributed by atoms with Gasteiger partial charge in [0.1, 0.15) is 5.78 Å². The zero-order valence-electron chi connectivity index (χ0n) is 12.1. The van der Waals surface area contributed by atoms with Crippen LogP contribution >= 0.6 is 0 Å². The van der Waals surface area contributed by atoms with Crippen molar-refractivity contribution in [3.8, 4) is 0 Å². The third-order valence-electron chi connectivity index (χ3n) is 6.57. The van der Waals surface area contributed by atoms with E-state index < -0.39 is 0 Å². The van der Waals surface area contributed by atoms with Gasteiger partial charge < -0.3 is 0 Å². The molecule has 106 valence electrons. The number of hydrogen-bond acceptors (Lipinski definition) is 2. The minimum atomic E-state index is -0.202. The molecule has 0 radical (unpaired) electrons. The molecule has 2 fully saturated rings. The highest BCUT2D eigenvalue weighted by atomic mass is 16.1. The number of fused-ring (bicyclic) bond motifs is 5. The summed E-state index contributed by atoms with van der Waals surface area (Å²) in [5.41, 5.74) is 1.06. The van der Waals surface area contributed by atoms with Crippen LogP contribution in [-0.2, 0) is 9.59 Å². The summed E-state index contributed by atoms with van der Waals surface area (Å²) in [5, 5.41) is 0. The van der Waals surface area contributed by atoms with E-state index in [2.05, 4.69) is 19.1 Å². The Bertz CT molecular complexity index is 542. The van der Waals surface area contributed by atoms with Crippen molar-refractivity contribution in [3.05, 3.63) is 23.8 Å². The van der Waals surface area contributed by atoms with Crippen LogP contribution in [0.1, 0.15) is 45.4 Å². The standard InChI is InChI=1S/C18H22O2/c1-18-9-8-13-12-5-3-2-4-11(12)10-15(19)17(13)14(18)6-7-16(18)20/h2,4,10,12-14,17H,3,5-9H2,1H3. The fourth-order valence-electron chi connectivity index (χ4n) is 5.47. The van der Waals surface area contributed by atoms with Crippen molar-refractivity contribution >= 4 is 11.6 Å². The molecule has 0 amide bonds. The zero-order chi connectivity index (χ0) is 13.9. The molecule has 4 aliphatic carbocycles. The smallest absolute Gasteiger partial charge is 0.159 e. The first-order chi connectivity index (χ1) is 9.61. The fourth-order valence-corrected chi connectivity index (χ4v) is 5.47. The van der Waals surface area contributed by atoms with E-state index in [1.165, 1.54) is 12.0 Å². The maximum absolute atomic E-state index is 12.7. The van der Waals surface area contributed by atoms with Gasteiger partial charge in [-0.05, 0) is 61.5 Å². The Morgan fingerprint density at radius 3 is 2.90 bits per heavy atom. The molecule has 5 unspecified atom stereocenters. The van der Waals surface area contributed by atoms with E-state index in [1.54, 1.807) is 0 Å². The average Bonchev–Trinajstić information content (AvgIpc) is 2.75. The summed E-state index contributed by atoms with van der Waals surface area (Å²) in [5.74, 6) is 2.22. The van der Waals surface area contributed by atoms with Crippen LogP contribution in [0.4, 0.5) is 0 Å². The molecule has 0 saturated heterocycles. The van der Waals surface area contributed by atoms with Crippen molar-refractivity contribution in [2.24, 2.45) is 29.1 Å². The Kier molecular flexibility index (Phi) is 2.61. The quantitative estimate of drug-likeness (QED) is 0.675. The molecule has 4 rings (SSSR count). The Hall–Kier alpha value is -1.18. The summed E-state index contributed by atoms with van der Waals surface area (Å²) in [6.45, 7) is 2.12. The number of hydrogen-bond donors (Lipinski definition) is 0. The monoisotopic (exact) mass is 270 g/mol. The van der Waals surface area contributed by atoms with E-state index in [0.717, 1.165) is 25.7 Å². The Labute approximate surface area is 120 Å². The minimum Gasteiger partial charge on any atom is -0.299 e. The second kappa shape index (κ2) is 4.16. The molecule has 0 aromatic carbocycles. The molecule has 0 aromatic rings. The molecule has 0 aromatic heterocycles. The molecule has 4 aliphatic rings. The summed E-state index contributed by atoms with van der Waals surface area (Å²) in [6, 6.07) is 0. The molecule has 0 aliphatic heterocycles. The number of carbonyl (C=O) groups is 2. The van der Waals surface area contributed by atoms with Gasteiger partial charge in [-0.3, -0.25) is 9.59 Å². The second-order valence-corrected chi connectivity index (χ2v) is 7.35. The lowest BCUT2D eigenvalue weighted by Crippen LogP contribution is -2.48. The Morgan fingerprint density at radius 2 is 2.05 bits per heavy atom. The molecular weight excluding hydrogens is 248 g/mol. The number of ketones is 2. The topological polar surface area (TPSA) is 34.1 Å². The summed E-state index contributed by atoms with van der Waals surface area (Å²) < 4.78 is 0. The van der Waals surface area contributed by atoms with Gasteiger partial charge in [0.25, 0.3) is 0 Å². The Balaban J connectivity index is 1.76. The highest BCUT2D eigenvalue weighted by Gasteiger charge is 2.57. The van der Waals surface area contributed by atoms with Crippen molar-refractivity contribution in [1.29, 1.82) is 0 Å². The van der Waals surface area contributed by atoms with Crippen molar-refractivity contribution in [2.75, 3.05) is 0 Å². The number of rotatable bonds is 0. The highest BCUT2D eigenvalue weighted by molar-refractivity contribution is 5.96. The van der Waals surface area contributed by atoms with Crippen molar-refractivity contribution < 1.29 is 9.59 Å². The minimum absolute atomic E-state index is 0.125. The van der Waals surface area contributed by atoms with Gasteiger partial charge in [0, 0.05) is 17.8 Å². The van der Waals surface area contributed by atoms with Crippen molar-refractivity contribution in [1.82, 2.24) is 0 Å². The molecule has 20 heavy (non-hydrogen) atoms. The first kappa shape index (κ1) is 12.6. The first-order valence-corrected chi connectivity index (χ1v) is 8.06. The Morgan fingerprint density at radius 1 is 1.20 bits per heavy atom. The first-order valence-electron chi connectivity index (χ1n) is 8.06. The molecule has 0 N–H and O–H groups in total. The third-order valence-corrected chi connectivity index (χ3v) is 6.57. The second-order valence-electron chi connectivity index (χ2n) is 7.35. The predicted octanol–water partition coefficient (Wildman–Crippen LogP) is 3.47. The van der Waals surface area contributed by atoms with Crippen LogP contribution in [0.5, 0.6) is 0 Å². The summed E-state index contributed by atoms with van der Waals surface area (Å²) in [4.78, 5) is 24.9. The maximum atomic E-state index is 12.7. The van der Waals surface area contributed by atoms with Crippen LogP contribution in [0.15, 0.2) is 23.8 Å². The molecule has 5 atom stereocenters. The summed E-state index contributed by atoms with van der Waals surface area (Å²) in [7, 11) is 0. The van der Waals surface area contributed by atoms with Crippen LogP contribution in [0.3, 0.4) is 0 Å². The van der Waals surface area contributed by atoms with Crippen LogP contribution in [0, 0.1) is 29.1 Å². The van der Waals surface area contributed by atoms with Crippen LogP contribution in [0.25, 0.3) is 0 Å². The van der Waals surface area contributed by atoms with Gasteiger partial charge in [0.05, 0.1) is 0 Å². The van der Waals surface area contributed by atoms with E-state index in [4.69, 9.17) is 0 Å². The summed E-state index contributed by atoms with van der Waals surface area (Å²) in [6.07, 6.45) is 12.3. The molecule has 0 bridgehead atoms. The molecular formula is C18H22O2. The average molecular weight is 270 g/mol. The zero-order valence-corrected chi connectivity index (χ0v) is 12.1.